The van der Waals surface area contributed by atoms with Crippen molar-refractivity contribution in [2.24, 2.45) is 0 Å². The Kier molecular flexibility index (Phi) is 11.5. The minimum Gasteiger partial charge on any atom is -0.376 e. The third-order valence-electron chi connectivity index (χ3n) is 3.89. The maximum Gasteiger partial charge on any atom is 0.238 e. The summed E-state index contributed by atoms with van der Waals surface area (Å²) in [6.07, 6.45) is 13.0. The fourth-order valence-electron chi connectivity index (χ4n) is 2.53. The van der Waals surface area contributed by atoms with Gasteiger partial charge in [-0.05, 0) is 44.3 Å². The van der Waals surface area contributed by atoms with Gasteiger partial charge in [-0.1, -0.05) is 31.8 Å². The minimum absolute atomic E-state index is 0.0158. The van der Waals surface area contributed by atoms with E-state index in [-0.39, 0.29) is 12.0 Å². The summed E-state index contributed by atoms with van der Waals surface area (Å²) in [6, 6.07) is 0. The van der Waals surface area contributed by atoms with E-state index in [1.54, 1.807) is 0 Å². The van der Waals surface area contributed by atoms with E-state index >= 15 is 0 Å². The molecule has 3 N–H and O–H groups in total. The first-order chi connectivity index (χ1) is 11.2. The number of thiocarbonyl (C=S) groups is 1. The van der Waals surface area contributed by atoms with Crippen LogP contribution in [-0.4, -0.2) is 30.3 Å². The summed E-state index contributed by atoms with van der Waals surface area (Å²) in [5.74, 6) is -0.0158. The van der Waals surface area contributed by atoms with Gasteiger partial charge in [0.05, 0.1) is 6.10 Å². The van der Waals surface area contributed by atoms with Crippen LogP contribution in [0, 0.1) is 0 Å². The van der Waals surface area contributed by atoms with Gasteiger partial charge in [0, 0.05) is 19.6 Å². The molecule has 23 heavy (non-hydrogen) atoms. The molecule has 0 aliphatic carbocycles. The Balaban J connectivity index is 1.89. The Morgan fingerprint density at radius 3 is 2.61 bits per heavy atom. The zero-order valence-corrected chi connectivity index (χ0v) is 14.9. The van der Waals surface area contributed by atoms with Crippen molar-refractivity contribution >= 4 is 23.2 Å². The standard InChI is InChI=1S/C17H31N3O2S/c1-2-3-4-5-6-7-8-9-12-16(21)19-20-17(23)18-14-15-11-10-13-22-15/h2,15H,1,3-14H2,(H,19,21)(H2,18,20,23)/t15-/m1/s1. The second-order valence-electron chi connectivity index (χ2n) is 5.97. The molecular weight excluding hydrogens is 310 g/mol. The summed E-state index contributed by atoms with van der Waals surface area (Å²) in [7, 11) is 0. The van der Waals surface area contributed by atoms with Crippen molar-refractivity contribution in [1.29, 1.82) is 0 Å². The number of unbranched alkanes of at least 4 members (excludes halogenated alkanes) is 6. The quantitative estimate of drug-likeness (QED) is 0.233. The molecule has 132 valence electrons. The molecule has 1 heterocycles. The van der Waals surface area contributed by atoms with Crippen molar-refractivity contribution in [2.45, 2.75) is 70.3 Å². The van der Waals surface area contributed by atoms with Crippen molar-refractivity contribution < 1.29 is 9.53 Å². The SMILES string of the molecule is C=CCCCCCCCCC(=O)NNC(=S)NC[C@H]1CCCO1. The molecule has 1 amide bonds. The molecule has 1 rings (SSSR count). The summed E-state index contributed by atoms with van der Waals surface area (Å²) in [5, 5.41) is 3.50. The Hall–Kier alpha value is -1.14. The maximum absolute atomic E-state index is 11.7. The summed E-state index contributed by atoms with van der Waals surface area (Å²) in [6.45, 7) is 5.24. The highest BCUT2D eigenvalue weighted by molar-refractivity contribution is 7.80. The van der Waals surface area contributed by atoms with Crippen molar-refractivity contribution in [3.63, 3.8) is 0 Å². The monoisotopic (exact) mass is 341 g/mol. The average Bonchev–Trinajstić information content (AvgIpc) is 3.07. The highest BCUT2D eigenvalue weighted by Crippen LogP contribution is 2.10. The van der Waals surface area contributed by atoms with Crippen LogP contribution in [0.2, 0.25) is 0 Å². The molecule has 1 aliphatic rings. The number of allylic oxidation sites excluding steroid dienone is 1. The van der Waals surface area contributed by atoms with Crippen LogP contribution < -0.4 is 16.2 Å². The van der Waals surface area contributed by atoms with E-state index in [0.29, 0.717) is 18.1 Å². The van der Waals surface area contributed by atoms with E-state index in [9.17, 15) is 4.79 Å². The fraction of sp³-hybridized carbons (Fsp3) is 0.765. The first-order valence-electron chi connectivity index (χ1n) is 8.77. The molecule has 0 bridgehead atoms. The van der Waals surface area contributed by atoms with Crippen molar-refractivity contribution in [3.8, 4) is 0 Å². The molecule has 0 unspecified atom stereocenters. The average molecular weight is 342 g/mol. The second kappa shape index (κ2) is 13.3. The number of hydrogen-bond acceptors (Lipinski definition) is 3. The first kappa shape index (κ1) is 19.9. The predicted molar refractivity (Wildman–Crippen MR) is 98.0 cm³/mol. The van der Waals surface area contributed by atoms with Gasteiger partial charge >= 0.3 is 0 Å². The van der Waals surface area contributed by atoms with Crippen LogP contribution in [0.5, 0.6) is 0 Å². The van der Waals surface area contributed by atoms with Crippen molar-refractivity contribution in [2.75, 3.05) is 13.2 Å². The van der Waals surface area contributed by atoms with E-state index in [1.807, 2.05) is 6.08 Å². The molecule has 1 saturated heterocycles. The van der Waals surface area contributed by atoms with Crippen LogP contribution in [0.15, 0.2) is 12.7 Å². The number of nitrogens with one attached hydrogen (secondary N) is 3. The summed E-state index contributed by atoms with van der Waals surface area (Å²) in [5.41, 5.74) is 5.37. The van der Waals surface area contributed by atoms with E-state index < -0.39 is 0 Å². The number of hydrazine groups is 1. The van der Waals surface area contributed by atoms with Gasteiger partial charge in [0.15, 0.2) is 5.11 Å². The predicted octanol–water partition coefficient (Wildman–Crippen LogP) is 2.97. The lowest BCUT2D eigenvalue weighted by molar-refractivity contribution is -0.121. The highest BCUT2D eigenvalue weighted by Gasteiger charge is 2.15. The zero-order chi connectivity index (χ0) is 16.8. The lowest BCUT2D eigenvalue weighted by Crippen LogP contribution is -2.48. The van der Waals surface area contributed by atoms with Crippen molar-refractivity contribution in [1.82, 2.24) is 16.2 Å². The van der Waals surface area contributed by atoms with Crippen LogP contribution in [-0.2, 0) is 9.53 Å². The van der Waals surface area contributed by atoms with E-state index in [2.05, 4.69) is 22.7 Å². The summed E-state index contributed by atoms with van der Waals surface area (Å²) < 4.78 is 5.49. The van der Waals surface area contributed by atoms with Crippen molar-refractivity contribution in [3.05, 3.63) is 12.7 Å². The van der Waals surface area contributed by atoms with E-state index in [1.165, 1.54) is 25.7 Å². The number of carbonyl (C=O) groups is 1. The number of rotatable bonds is 11. The van der Waals surface area contributed by atoms with Gasteiger partial charge < -0.3 is 10.1 Å². The molecule has 0 aromatic heterocycles. The first-order valence-corrected chi connectivity index (χ1v) is 9.18. The number of amides is 1. The van der Waals surface area contributed by atoms with Crippen LogP contribution in [0.3, 0.4) is 0 Å². The molecular formula is C17H31N3O2S. The molecule has 0 aromatic carbocycles. The zero-order valence-electron chi connectivity index (χ0n) is 14.1. The molecule has 0 aromatic rings. The summed E-state index contributed by atoms with van der Waals surface area (Å²) in [4.78, 5) is 11.7. The largest absolute Gasteiger partial charge is 0.376 e. The van der Waals surface area contributed by atoms with Gasteiger partial charge in [-0.15, -0.1) is 6.58 Å². The molecule has 0 radical (unpaired) electrons. The van der Waals surface area contributed by atoms with E-state index in [4.69, 9.17) is 17.0 Å². The maximum atomic E-state index is 11.7. The number of ether oxygens (including phenoxy) is 1. The molecule has 1 fully saturated rings. The smallest absolute Gasteiger partial charge is 0.238 e. The Bertz CT molecular complexity index is 358. The molecule has 6 heteroatoms. The molecule has 5 nitrogen and oxygen atoms in total. The third kappa shape index (κ3) is 11.1. The minimum atomic E-state index is -0.0158. The molecule has 0 spiro atoms. The van der Waals surface area contributed by atoms with Gasteiger partial charge in [0.2, 0.25) is 5.91 Å². The topological polar surface area (TPSA) is 62.4 Å². The Morgan fingerprint density at radius 1 is 1.17 bits per heavy atom. The Labute approximate surface area is 145 Å². The molecule has 1 aliphatic heterocycles. The normalized spacial score (nSPS) is 16.8. The second-order valence-corrected chi connectivity index (χ2v) is 6.38. The van der Waals surface area contributed by atoms with Crippen LogP contribution in [0.1, 0.15) is 64.2 Å². The van der Waals surface area contributed by atoms with Gasteiger partial charge in [0.25, 0.3) is 0 Å². The highest BCUT2D eigenvalue weighted by atomic mass is 32.1. The molecule has 0 saturated carbocycles. The third-order valence-corrected chi connectivity index (χ3v) is 4.14. The Morgan fingerprint density at radius 2 is 1.91 bits per heavy atom. The lowest BCUT2D eigenvalue weighted by atomic mass is 10.1. The summed E-state index contributed by atoms with van der Waals surface area (Å²) >= 11 is 5.11. The van der Waals surface area contributed by atoms with Gasteiger partial charge in [-0.25, -0.2) is 0 Å². The number of hydrogen-bond donors (Lipinski definition) is 3. The number of carbonyl (C=O) groups excluding carboxylic acids is 1. The van der Waals surface area contributed by atoms with Gasteiger partial charge in [-0.2, -0.15) is 0 Å². The van der Waals surface area contributed by atoms with Gasteiger partial charge in [-0.3, -0.25) is 15.6 Å². The van der Waals surface area contributed by atoms with Crippen LogP contribution in [0.4, 0.5) is 0 Å². The fourth-order valence-corrected chi connectivity index (χ4v) is 2.66. The van der Waals surface area contributed by atoms with E-state index in [0.717, 1.165) is 38.7 Å². The lowest BCUT2D eigenvalue weighted by Gasteiger charge is -2.14. The van der Waals surface area contributed by atoms with Gasteiger partial charge in [0.1, 0.15) is 0 Å². The van der Waals surface area contributed by atoms with Crippen LogP contribution >= 0.6 is 12.2 Å². The van der Waals surface area contributed by atoms with Crippen LogP contribution in [0.25, 0.3) is 0 Å². The molecule has 1 atom stereocenters.